The van der Waals surface area contributed by atoms with Gasteiger partial charge >= 0.3 is 0 Å². The fourth-order valence-electron chi connectivity index (χ4n) is 6.94. The summed E-state index contributed by atoms with van der Waals surface area (Å²) in [5, 5.41) is 9.35. The molecule has 8 aromatic rings. The summed E-state index contributed by atoms with van der Waals surface area (Å²) in [6.45, 7) is 1.84. The van der Waals surface area contributed by atoms with E-state index in [-0.39, 0.29) is 0 Å². The Bertz CT molecular complexity index is 2310. The summed E-state index contributed by atoms with van der Waals surface area (Å²) in [5.74, 6) is 1.58. The van der Waals surface area contributed by atoms with E-state index in [9.17, 15) is 0 Å². The molecule has 0 saturated heterocycles. The molecule has 0 aliphatic rings. The normalized spacial score (nSPS) is 11.5. The number of methoxy groups -OCH3 is 2. The molecule has 0 fully saturated rings. The molecule has 0 atom stereocenters. The Kier molecular flexibility index (Phi) is 8.87. The molecule has 50 heavy (non-hydrogen) atoms. The lowest BCUT2D eigenvalue weighted by Crippen LogP contribution is -2.07. The molecule has 4 heteroatoms. The minimum atomic E-state index is 0.431. The second kappa shape index (κ2) is 14.0. The lowest BCUT2D eigenvalue weighted by Gasteiger charge is -2.20. The van der Waals surface area contributed by atoms with Crippen LogP contribution in [0.4, 0.5) is 0 Å². The topological polar surface area (TPSA) is 36.9 Å². The number of hydrogen-bond acceptors (Lipinski definition) is 4. The van der Waals surface area contributed by atoms with Gasteiger partial charge in [-0.25, -0.2) is 0 Å². The van der Waals surface area contributed by atoms with Gasteiger partial charge in [0.2, 0.25) is 0 Å². The zero-order chi connectivity index (χ0) is 33.9. The van der Waals surface area contributed by atoms with Gasteiger partial charge in [0.15, 0.2) is 0 Å². The molecule has 0 aromatic heterocycles. The minimum Gasteiger partial charge on any atom is -0.491 e. The molecular formula is C46H38O4. The monoisotopic (exact) mass is 654 g/mol. The summed E-state index contributed by atoms with van der Waals surface area (Å²) in [5.41, 5.74) is 6.69. The Labute approximate surface area is 292 Å². The van der Waals surface area contributed by atoms with Crippen LogP contribution in [0.1, 0.15) is 0 Å². The standard InChI is InChI=1S/C46H38O4/c1-47-23-25-49-43-21-17-39-29-37(35-13-11-31-7-3-5-9-33(31)27-35)15-19-41(39)45(43)46-42-20-16-38(30-40(42)18-22-44(46)50-26-24-48-2)36-14-12-32-8-4-6-10-34(32)28-36/h3-22,27-30H,23-26H2,1-2H3. The molecule has 0 bridgehead atoms. The smallest absolute Gasteiger partial charge is 0.128 e. The molecule has 0 radical (unpaired) electrons. The van der Waals surface area contributed by atoms with Crippen LogP contribution >= 0.6 is 0 Å². The van der Waals surface area contributed by atoms with Crippen LogP contribution in [0.3, 0.4) is 0 Å². The van der Waals surface area contributed by atoms with Crippen LogP contribution in [-0.2, 0) is 9.47 Å². The average Bonchev–Trinajstić information content (AvgIpc) is 3.17. The van der Waals surface area contributed by atoms with Gasteiger partial charge < -0.3 is 18.9 Å². The summed E-state index contributed by atoms with van der Waals surface area (Å²) >= 11 is 0. The first kappa shape index (κ1) is 31.6. The highest BCUT2D eigenvalue weighted by atomic mass is 16.5. The van der Waals surface area contributed by atoms with Gasteiger partial charge in [0.05, 0.1) is 13.2 Å². The van der Waals surface area contributed by atoms with Gasteiger partial charge in [0, 0.05) is 25.3 Å². The number of rotatable bonds is 11. The summed E-state index contributed by atoms with van der Waals surface area (Å²) < 4.78 is 23.7. The lowest BCUT2D eigenvalue weighted by molar-refractivity contribution is 0.146. The van der Waals surface area contributed by atoms with Gasteiger partial charge in [0.1, 0.15) is 24.7 Å². The van der Waals surface area contributed by atoms with Crippen molar-refractivity contribution in [2.75, 3.05) is 40.6 Å². The van der Waals surface area contributed by atoms with Crippen LogP contribution in [-0.4, -0.2) is 40.6 Å². The quantitative estimate of drug-likeness (QED) is 0.130. The van der Waals surface area contributed by atoms with Crippen LogP contribution in [0.5, 0.6) is 11.5 Å². The lowest BCUT2D eigenvalue weighted by atomic mass is 9.89. The molecule has 4 nitrogen and oxygen atoms in total. The zero-order valence-electron chi connectivity index (χ0n) is 28.3. The largest absolute Gasteiger partial charge is 0.491 e. The molecule has 0 unspecified atom stereocenters. The second-order valence-electron chi connectivity index (χ2n) is 12.6. The van der Waals surface area contributed by atoms with Crippen molar-refractivity contribution in [2.45, 2.75) is 0 Å². The van der Waals surface area contributed by atoms with E-state index in [0.29, 0.717) is 26.4 Å². The number of fused-ring (bicyclic) bond motifs is 4. The van der Waals surface area contributed by atoms with Crippen LogP contribution in [0.25, 0.3) is 76.5 Å². The molecular weight excluding hydrogens is 617 g/mol. The molecule has 0 spiro atoms. The van der Waals surface area contributed by atoms with Crippen molar-refractivity contribution in [3.8, 4) is 44.9 Å². The Hall–Kier alpha value is -5.68. The number of hydrogen-bond donors (Lipinski definition) is 0. The van der Waals surface area contributed by atoms with Crippen molar-refractivity contribution < 1.29 is 18.9 Å². The zero-order valence-corrected chi connectivity index (χ0v) is 28.3. The van der Waals surface area contributed by atoms with Crippen molar-refractivity contribution in [1.29, 1.82) is 0 Å². The predicted octanol–water partition coefficient (Wildman–Crippen LogP) is 11.4. The SMILES string of the molecule is COCCOc1ccc2cc(-c3ccc4ccccc4c3)ccc2c1-c1c(OCCOC)ccc2cc(-c3ccc4ccccc4c3)ccc12. The van der Waals surface area contributed by atoms with Gasteiger partial charge in [-0.3, -0.25) is 0 Å². The summed E-state index contributed by atoms with van der Waals surface area (Å²) in [7, 11) is 3.39. The van der Waals surface area contributed by atoms with Crippen molar-refractivity contribution in [2.24, 2.45) is 0 Å². The first-order valence-electron chi connectivity index (χ1n) is 17.1. The molecule has 0 amide bonds. The third-order valence-corrected chi connectivity index (χ3v) is 9.47. The first-order chi connectivity index (χ1) is 24.7. The van der Waals surface area contributed by atoms with E-state index in [0.717, 1.165) is 55.3 Å². The minimum absolute atomic E-state index is 0.431. The maximum Gasteiger partial charge on any atom is 0.128 e. The first-order valence-corrected chi connectivity index (χ1v) is 17.1. The molecule has 8 rings (SSSR count). The number of benzene rings is 8. The van der Waals surface area contributed by atoms with E-state index in [2.05, 4.69) is 146 Å². The van der Waals surface area contributed by atoms with Gasteiger partial charge in [-0.1, -0.05) is 109 Å². The van der Waals surface area contributed by atoms with E-state index in [4.69, 9.17) is 18.9 Å². The van der Waals surface area contributed by atoms with Crippen LogP contribution < -0.4 is 9.47 Å². The summed E-state index contributed by atoms with van der Waals surface area (Å²) in [6, 6.07) is 52.2. The van der Waals surface area contributed by atoms with E-state index in [1.165, 1.54) is 32.7 Å². The van der Waals surface area contributed by atoms with Gasteiger partial charge in [-0.15, -0.1) is 0 Å². The second-order valence-corrected chi connectivity index (χ2v) is 12.6. The molecule has 0 aliphatic carbocycles. The molecule has 0 N–H and O–H groups in total. The third kappa shape index (κ3) is 6.16. The highest BCUT2D eigenvalue weighted by Crippen LogP contribution is 2.47. The van der Waals surface area contributed by atoms with Crippen LogP contribution in [0, 0.1) is 0 Å². The van der Waals surface area contributed by atoms with Crippen molar-refractivity contribution in [1.82, 2.24) is 0 Å². The summed E-state index contributed by atoms with van der Waals surface area (Å²) in [4.78, 5) is 0. The van der Waals surface area contributed by atoms with Crippen LogP contribution in [0.15, 0.2) is 146 Å². The third-order valence-electron chi connectivity index (χ3n) is 9.47. The highest BCUT2D eigenvalue weighted by Gasteiger charge is 2.20. The average molecular weight is 655 g/mol. The van der Waals surface area contributed by atoms with E-state index >= 15 is 0 Å². The molecule has 0 heterocycles. The number of ether oxygens (including phenoxy) is 4. The van der Waals surface area contributed by atoms with Gasteiger partial charge in [0.25, 0.3) is 0 Å². The molecule has 8 aromatic carbocycles. The molecule has 0 aliphatic heterocycles. The Morgan fingerprint density at radius 3 is 1.12 bits per heavy atom. The van der Waals surface area contributed by atoms with E-state index in [1.807, 2.05) is 0 Å². The van der Waals surface area contributed by atoms with Crippen molar-refractivity contribution in [3.63, 3.8) is 0 Å². The van der Waals surface area contributed by atoms with Gasteiger partial charge in [-0.05, 0) is 102 Å². The van der Waals surface area contributed by atoms with Crippen molar-refractivity contribution in [3.05, 3.63) is 146 Å². The molecule has 246 valence electrons. The highest BCUT2D eigenvalue weighted by molar-refractivity contribution is 6.11. The van der Waals surface area contributed by atoms with Gasteiger partial charge in [-0.2, -0.15) is 0 Å². The summed E-state index contributed by atoms with van der Waals surface area (Å²) in [6.07, 6.45) is 0. The van der Waals surface area contributed by atoms with E-state index in [1.54, 1.807) is 14.2 Å². The van der Waals surface area contributed by atoms with Crippen molar-refractivity contribution >= 4 is 43.1 Å². The molecule has 0 saturated carbocycles. The maximum absolute atomic E-state index is 6.46. The fourth-order valence-corrected chi connectivity index (χ4v) is 6.94. The Morgan fingerprint density at radius 1 is 0.340 bits per heavy atom. The predicted molar refractivity (Wildman–Crippen MR) is 208 cm³/mol. The maximum atomic E-state index is 6.46. The fraction of sp³-hybridized carbons (Fsp3) is 0.130. The Morgan fingerprint density at radius 2 is 0.700 bits per heavy atom. The van der Waals surface area contributed by atoms with E-state index < -0.39 is 0 Å². The Balaban J connectivity index is 1.31. The van der Waals surface area contributed by atoms with Crippen LogP contribution in [0.2, 0.25) is 0 Å².